The molecule has 2 heterocycles. The Balaban J connectivity index is 1.77. The first kappa shape index (κ1) is 14.4. The molecule has 1 aromatic rings. The van der Waals surface area contributed by atoms with Crippen molar-refractivity contribution in [2.75, 3.05) is 35.2 Å². The van der Waals surface area contributed by atoms with Crippen LogP contribution in [-0.2, 0) is 0 Å². The molecule has 1 saturated heterocycles. The van der Waals surface area contributed by atoms with Crippen molar-refractivity contribution in [2.45, 2.75) is 52.0 Å². The summed E-state index contributed by atoms with van der Waals surface area (Å²) in [5.74, 6) is 3.00. The van der Waals surface area contributed by atoms with E-state index in [1.54, 1.807) is 0 Å². The third-order valence-corrected chi connectivity index (χ3v) is 4.23. The molecular weight excluding hydrogens is 264 g/mol. The molecule has 6 heteroatoms. The Kier molecular flexibility index (Phi) is 4.41. The van der Waals surface area contributed by atoms with Crippen molar-refractivity contribution >= 4 is 17.8 Å². The topological polar surface area (TPSA) is 66.0 Å². The minimum absolute atomic E-state index is 0.442. The number of nitrogens with one attached hydrogen (secondary N) is 2. The molecule has 1 aliphatic carbocycles. The number of aromatic nitrogens is 3. The average Bonchev–Trinajstić information content (AvgIpc) is 3.20. The SMILES string of the molecule is CCCNc1nc(NC(C)C2CC2)nc(N2CCCC2)n1. The fourth-order valence-corrected chi connectivity index (χ4v) is 2.72. The summed E-state index contributed by atoms with van der Waals surface area (Å²) in [5.41, 5.74) is 0. The van der Waals surface area contributed by atoms with Gasteiger partial charge in [-0.3, -0.25) is 0 Å². The molecule has 2 N–H and O–H groups in total. The summed E-state index contributed by atoms with van der Waals surface area (Å²) in [5, 5.41) is 6.74. The number of nitrogens with zero attached hydrogens (tertiary/aromatic N) is 4. The minimum Gasteiger partial charge on any atom is -0.354 e. The molecule has 0 aromatic carbocycles. The van der Waals surface area contributed by atoms with Crippen molar-refractivity contribution in [3.63, 3.8) is 0 Å². The van der Waals surface area contributed by atoms with E-state index < -0.39 is 0 Å². The van der Waals surface area contributed by atoms with E-state index in [0.29, 0.717) is 17.9 Å². The molecule has 1 aromatic heterocycles. The third kappa shape index (κ3) is 3.74. The smallest absolute Gasteiger partial charge is 0.231 e. The van der Waals surface area contributed by atoms with Gasteiger partial charge in [0.1, 0.15) is 0 Å². The Hall–Kier alpha value is -1.59. The fourth-order valence-electron chi connectivity index (χ4n) is 2.72. The van der Waals surface area contributed by atoms with E-state index in [2.05, 4.69) is 44.3 Å². The number of hydrogen-bond donors (Lipinski definition) is 2. The molecule has 6 nitrogen and oxygen atoms in total. The zero-order chi connectivity index (χ0) is 14.7. The highest BCUT2D eigenvalue weighted by molar-refractivity contribution is 5.44. The van der Waals surface area contributed by atoms with Crippen LogP contribution in [0.4, 0.5) is 17.8 Å². The Labute approximate surface area is 126 Å². The maximum Gasteiger partial charge on any atom is 0.231 e. The van der Waals surface area contributed by atoms with Crippen LogP contribution in [0.5, 0.6) is 0 Å². The Morgan fingerprint density at radius 1 is 1.14 bits per heavy atom. The second kappa shape index (κ2) is 6.45. The molecular formula is C15H26N6. The van der Waals surface area contributed by atoms with Crippen LogP contribution < -0.4 is 15.5 Å². The first-order valence-corrected chi connectivity index (χ1v) is 8.27. The Bertz CT molecular complexity index is 467. The van der Waals surface area contributed by atoms with Crippen molar-refractivity contribution < 1.29 is 0 Å². The fraction of sp³-hybridized carbons (Fsp3) is 0.800. The highest BCUT2D eigenvalue weighted by Gasteiger charge is 2.28. The molecule has 1 aliphatic heterocycles. The first-order valence-electron chi connectivity index (χ1n) is 8.27. The molecule has 0 spiro atoms. The van der Waals surface area contributed by atoms with Gasteiger partial charge < -0.3 is 15.5 Å². The van der Waals surface area contributed by atoms with Crippen molar-refractivity contribution in [3.8, 4) is 0 Å². The summed E-state index contributed by atoms with van der Waals surface area (Å²) >= 11 is 0. The van der Waals surface area contributed by atoms with Crippen LogP contribution in [0.25, 0.3) is 0 Å². The van der Waals surface area contributed by atoms with Gasteiger partial charge in [0.2, 0.25) is 17.8 Å². The third-order valence-electron chi connectivity index (χ3n) is 4.23. The van der Waals surface area contributed by atoms with E-state index in [0.717, 1.165) is 37.9 Å². The van der Waals surface area contributed by atoms with E-state index in [4.69, 9.17) is 0 Å². The highest BCUT2D eigenvalue weighted by atomic mass is 15.3. The number of anilines is 3. The summed E-state index contributed by atoms with van der Waals surface area (Å²) < 4.78 is 0. The van der Waals surface area contributed by atoms with Crippen molar-refractivity contribution in [1.29, 1.82) is 0 Å². The lowest BCUT2D eigenvalue weighted by molar-refractivity contribution is 0.684. The van der Waals surface area contributed by atoms with Gasteiger partial charge in [-0.25, -0.2) is 0 Å². The van der Waals surface area contributed by atoms with Gasteiger partial charge in [0.25, 0.3) is 0 Å². The van der Waals surface area contributed by atoms with Gasteiger partial charge in [0, 0.05) is 25.7 Å². The van der Waals surface area contributed by atoms with E-state index in [-0.39, 0.29) is 0 Å². The van der Waals surface area contributed by atoms with E-state index in [9.17, 15) is 0 Å². The van der Waals surface area contributed by atoms with Crippen LogP contribution in [0.3, 0.4) is 0 Å². The molecule has 0 bridgehead atoms. The Morgan fingerprint density at radius 3 is 2.52 bits per heavy atom. The van der Waals surface area contributed by atoms with Crippen LogP contribution >= 0.6 is 0 Å². The predicted molar refractivity (Wildman–Crippen MR) is 85.9 cm³/mol. The predicted octanol–water partition coefficient (Wildman–Crippen LogP) is 2.50. The monoisotopic (exact) mass is 290 g/mol. The van der Waals surface area contributed by atoms with Crippen LogP contribution in [0.2, 0.25) is 0 Å². The standard InChI is InChI=1S/C15H26N6/c1-3-8-16-13-18-14(17-11(2)12-6-7-12)20-15(19-13)21-9-4-5-10-21/h11-12H,3-10H2,1-2H3,(H2,16,17,18,19,20). The van der Waals surface area contributed by atoms with Crippen LogP contribution in [0.15, 0.2) is 0 Å². The lowest BCUT2D eigenvalue weighted by Gasteiger charge is -2.19. The summed E-state index contributed by atoms with van der Waals surface area (Å²) in [4.78, 5) is 16.0. The van der Waals surface area contributed by atoms with Gasteiger partial charge in [-0.1, -0.05) is 6.92 Å². The maximum absolute atomic E-state index is 4.63. The first-order chi connectivity index (χ1) is 10.3. The molecule has 1 atom stereocenters. The lowest BCUT2D eigenvalue weighted by Crippen LogP contribution is -2.24. The molecule has 0 amide bonds. The quantitative estimate of drug-likeness (QED) is 0.804. The van der Waals surface area contributed by atoms with Crippen molar-refractivity contribution in [2.24, 2.45) is 5.92 Å². The summed E-state index contributed by atoms with van der Waals surface area (Å²) in [6.07, 6.45) is 6.15. The zero-order valence-corrected chi connectivity index (χ0v) is 13.1. The van der Waals surface area contributed by atoms with E-state index >= 15 is 0 Å². The van der Waals surface area contributed by atoms with E-state index in [1.165, 1.54) is 25.7 Å². The van der Waals surface area contributed by atoms with Gasteiger partial charge in [-0.2, -0.15) is 15.0 Å². The lowest BCUT2D eigenvalue weighted by atomic mass is 10.2. The highest BCUT2D eigenvalue weighted by Crippen LogP contribution is 2.33. The number of rotatable bonds is 7. The summed E-state index contributed by atoms with van der Waals surface area (Å²) in [7, 11) is 0. The molecule has 2 aliphatic rings. The largest absolute Gasteiger partial charge is 0.354 e. The second-order valence-corrected chi connectivity index (χ2v) is 6.17. The van der Waals surface area contributed by atoms with Gasteiger partial charge in [-0.05, 0) is 44.9 Å². The van der Waals surface area contributed by atoms with Gasteiger partial charge >= 0.3 is 0 Å². The molecule has 0 radical (unpaired) electrons. The van der Waals surface area contributed by atoms with Crippen LogP contribution in [0, 0.1) is 5.92 Å². The Morgan fingerprint density at radius 2 is 1.86 bits per heavy atom. The molecule has 21 heavy (non-hydrogen) atoms. The van der Waals surface area contributed by atoms with E-state index in [1.807, 2.05) is 0 Å². The molecule has 2 fully saturated rings. The zero-order valence-electron chi connectivity index (χ0n) is 13.1. The van der Waals surface area contributed by atoms with Crippen molar-refractivity contribution in [1.82, 2.24) is 15.0 Å². The average molecular weight is 290 g/mol. The minimum atomic E-state index is 0.442. The van der Waals surface area contributed by atoms with Gasteiger partial charge in [0.05, 0.1) is 0 Å². The van der Waals surface area contributed by atoms with Crippen LogP contribution in [-0.4, -0.2) is 40.6 Å². The van der Waals surface area contributed by atoms with Gasteiger partial charge in [0.15, 0.2) is 0 Å². The summed E-state index contributed by atoms with van der Waals surface area (Å²) in [6, 6.07) is 0.442. The van der Waals surface area contributed by atoms with Crippen molar-refractivity contribution in [3.05, 3.63) is 0 Å². The summed E-state index contributed by atoms with van der Waals surface area (Å²) in [6.45, 7) is 7.35. The normalized spacial score (nSPS) is 19.6. The van der Waals surface area contributed by atoms with Crippen LogP contribution in [0.1, 0.15) is 46.0 Å². The molecule has 3 rings (SSSR count). The molecule has 1 unspecified atom stereocenters. The molecule has 116 valence electrons. The molecule has 1 saturated carbocycles. The second-order valence-electron chi connectivity index (χ2n) is 6.17. The maximum atomic E-state index is 4.63. The number of hydrogen-bond acceptors (Lipinski definition) is 6. The van der Waals surface area contributed by atoms with Gasteiger partial charge in [-0.15, -0.1) is 0 Å².